The molecule has 0 heterocycles. The normalized spacial score (nSPS) is 12.2. The molecule has 134 valence electrons. The lowest BCUT2D eigenvalue weighted by Gasteiger charge is -2.26. The summed E-state index contributed by atoms with van der Waals surface area (Å²) in [6, 6.07) is 15.2. The molecule has 2 rings (SSSR count). The third-order valence-corrected chi connectivity index (χ3v) is 4.58. The minimum absolute atomic E-state index is 0.0947. The van der Waals surface area contributed by atoms with Gasteiger partial charge in [0.1, 0.15) is 0 Å². The molecule has 2 nitrogen and oxygen atoms in total. The van der Waals surface area contributed by atoms with Crippen LogP contribution in [0.4, 0.5) is 0 Å². The van der Waals surface area contributed by atoms with Crippen LogP contribution in [-0.4, -0.2) is 11.1 Å². The van der Waals surface area contributed by atoms with Gasteiger partial charge in [0.25, 0.3) is 0 Å². The Morgan fingerprint density at radius 1 is 0.800 bits per heavy atom. The third kappa shape index (κ3) is 5.19. The van der Waals surface area contributed by atoms with E-state index in [2.05, 4.69) is 71.9 Å². The van der Waals surface area contributed by atoms with Gasteiger partial charge in [0, 0.05) is 6.42 Å². The molecule has 2 aromatic rings. The zero-order chi connectivity index (χ0) is 18.8. The van der Waals surface area contributed by atoms with Crippen LogP contribution in [0.5, 0.6) is 0 Å². The molecule has 2 aromatic carbocycles. The molecule has 0 unspecified atom stereocenters. The van der Waals surface area contributed by atoms with Crippen molar-refractivity contribution in [3.05, 3.63) is 59.2 Å². The highest BCUT2D eigenvalue weighted by molar-refractivity contribution is 5.68. The Hall–Kier alpha value is -2.09. The second kappa shape index (κ2) is 7.03. The zero-order valence-corrected chi connectivity index (χ0v) is 16.3. The average molecular weight is 338 g/mol. The summed E-state index contributed by atoms with van der Waals surface area (Å²) in [5, 5.41) is 8.82. The fourth-order valence-corrected chi connectivity index (χ4v) is 2.78. The molecule has 0 aliphatic carbocycles. The van der Waals surface area contributed by atoms with Crippen LogP contribution in [0.25, 0.3) is 11.1 Å². The van der Waals surface area contributed by atoms with Crippen molar-refractivity contribution in [3.8, 4) is 11.1 Å². The van der Waals surface area contributed by atoms with Gasteiger partial charge >= 0.3 is 5.97 Å². The van der Waals surface area contributed by atoms with E-state index in [0.29, 0.717) is 6.42 Å². The zero-order valence-electron chi connectivity index (χ0n) is 16.3. The van der Waals surface area contributed by atoms with Crippen molar-refractivity contribution in [1.29, 1.82) is 0 Å². The van der Waals surface area contributed by atoms with Crippen molar-refractivity contribution in [2.75, 3.05) is 0 Å². The number of carboxylic acids is 1. The van der Waals surface area contributed by atoms with Crippen molar-refractivity contribution < 1.29 is 9.90 Å². The second-order valence-electron chi connectivity index (χ2n) is 8.89. The molecule has 0 amide bonds. The van der Waals surface area contributed by atoms with Gasteiger partial charge in [-0.1, -0.05) is 84.0 Å². The van der Waals surface area contributed by atoms with Crippen molar-refractivity contribution in [1.82, 2.24) is 0 Å². The van der Waals surface area contributed by atoms with Crippen LogP contribution in [0, 0.1) is 0 Å². The lowest BCUT2D eigenvalue weighted by Crippen LogP contribution is -2.16. The Labute approximate surface area is 151 Å². The Morgan fingerprint density at radius 3 is 1.68 bits per heavy atom. The molecule has 0 saturated heterocycles. The predicted molar refractivity (Wildman–Crippen MR) is 105 cm³/mol. The highest BCUT2D eigenvalue weighted by Gasteiger charge is 2.20. The smallest absolute Gasteiger partial charge is 0.303 e. The van der Waals surface area contributed by atoms with Crippen molar-refractivity contribution in [2.24, 2.45) is 0 Å². The van der Waals surface area contributed by atoms with Crippen LogP contribution < -0.4 is 0 Å². The Morgan fingerprint density at radius 2 is 1.28 bits per heavy atom. The number of carbonyl (C=O) groups is 1. The van der Waals surface area contributed by atoms with E-state index in [1.54, 1.807) is 0 Å². The van der Waals surface area contributed by atoms with Crippen molar-refractivity contribution in [3.63, 3.8) is 0 Å². The predicted octanol–water partition coefficient (Wildman–Crippen LogP) is 5.97. The number of rotatable bonds is 4. The second-order valence-corrected chi connectivity index (χ2v) is 8.89. The molecule has 0 fully saturated rings. The molecule has 0 aliphatic heterocycles. The number of hydrogen-bond donors (Lipinski definition) is 1. The molecular formula is C23H30O2. The van der Waals surface area contributed by atoms with Gasteiger partial charge in [-0.3, -0.25) is 4.79 Å². The minimum atomic E-state index is -0.753. The number of aliphatic carboxylic acids is 1. The first kappa shape index (κ1) is 19.2. The number of aryl methyl sites for hydroxylation is 1. The van der Waals surface area contributed by atoms with Crippen LogP contribution >= 0.6 is 0 Å². The Balaban J connectivity index is 2.42. The largest absolute Gasteiger partial charge is 0.481 e. The van der Waals surface area contributed by atoms with Gasteiger partial charge in [0.05, 0.1) is 0 Å². The molecule has 0 aliphatic rings. The summed E-state index contributed by atoms with van der Waals surface area (Å²) in [5.41, 5.74) is 6.33. The van der Waals surface area contributed by atoms with Gasteiger partial charge in [-0.05, 0) is 45.1 Å². The van der Waals surface area contributed by atoms with Gasteiger partial charge in [-0.25, -0.2) is 0 Å². The fourth-order valence-electron chi connectivity index (χ4n) is 2.78. The first-order valence-corrected chi connectivity index (χ1v) is 8.94. The highest BCUT2D eigenvalue weighted by Crippen LogP contribution is 2.34. The van der Waals surface area contributed by atoms with Gasteiger partial charge in [-0.15, -0.1) is 0 Å². The number of carboxylic acid groups (broad SMARTS) is 1. The molecule has 0 atom stereocenters. The lowest BCUT2D eigenvalue weighted by molar-refractivity contribution is -0.136. The molecule has 2 heteroatoms. The van der Waals surface area contributed by atoms with E-state index in [0.717, 1.165) is 5.56 Å². The summed E-state index contributed by atoms with van der Waals surface area (Å²) < 4.78 is 0. The van der Waals surface area contributed by atoms with E-state index in [4.69, 9.17) is 5.11 Å². The fraction of sp³-hybridized carbons (Fsp3) is 0.435. The van der Waals surface area contributed by atoms with Gasteiger partial charge in [-0.2, -0.15) is 0 Å². The quantitative estimate of drug-likeness (QED) is 0.746. The average Bonchev–Trinajstić information content (AvgIpc) is 2.51. The number of hydrogen-bond acceptors (Lipinski definition) is 1. The monoisotopic (exact) mass is 338 g/mol. The van der Waals surface area contributed by atoms with E-state index < -0.39 is 5.97 Å². The summed E-state index contributed by atoms with van der Waals surface area (Å²) in [5.74, 6) is -0.753. The van der Waals surface area contributed by atoms with E-state index in [1.807, 2.05) is 12.1 Å². The maximum Gasteiger partial charge on any atom is 0.303 e. The van der Waals surface area contributed by atoms with Crippen LogP contribution in [-0.2, 0) is 22.0 Å². The summed E-state index contributed by atoms with van der Waals surface area (Å²) in [4.78, 5) is 10.7. The van der Waals surface area contributed by atoms with Crippen LogP contribution in [0.2, 0.25) is 0 Å². The Bertz CT molecular complexity index is 709. The standard InChI is InChI=1S/C23H30O2/c1-22(2,3)19-13-18(14-20(15-19)23(4,5)6)17-10-7-16(8-11-17)9-12-21(24)25/h7-8,10-11,13-15H,9,12H2,1-6H3,(H,24,25). The van der Waals surface area contributed by atoms with E-state index >= 15 is 0 Å². The molecule has 1 N–H and O–H groups in total. The summed E-state index contributed by atoms with van der Waals surface area (Å²) in [7, 11) is 0. The van der Waals surface area contributed by atoms with Crippen LogP contribution in [0.15, 0.2) is 42.5 Å². The van der Waals surface area contributed by atoms with Crippen molar-refractivity contribution in [2.45, 2.75) is 65.2 Å². The van der Waals surface area contributed by atoms with Crippen LogP contribution in [0.3, 0.4) is 0 Å². The Kier molecular flexibility index (Phi) is 5.41. The SMILES string of the molecule is CC(C)(C)c1cc(-c2ccc(CCC(=O)O)cc2)cc(C(C)(C)C)c1. The van der Waals surface area contributed by atoms with Gasteiger partial charge < -0.3 is 5.11 Å². The van der Waals surface area contributed by atoms with Gasteiger partial charge in [0.2, 0.25) is 0 Å². The summed E-state index contributed by atoms with van der Waals surface area (Å²) >= 11 is 0. The first-order valence-electron chi connectivity index (χ1n) is 8.94. The molecule has 0 bridgehead atoms. The lowest BCUT2D eigenvalue weighted by atomic mass is 9.79. The molecular weight excluding hydrogens is 308 g/mol. The highest BCUT2D eigenvalue weighted by atomic mass is 16.4. The molecule has 25 heavy (non-hydrogen) atoms. The van der Waals surface area contributed by atoms with Gasteiger partial charge in [0.15, 0.2) is 0 Å². The minimum Gasteiger partial charge on any atom is -0.481 e. The molecule has 0 radical (unpaired) electrons. The van der Waals surface area contributed by atoms with E-state index in [9.17, 15) is 4.79 Å². The summed E-state index contributed by atoms with van der Waals surface area (Å²) in [6.07, 6.45) is 0.748. The molecule has 0 aromatic heterocycles. The maximum atomic E-state index is 10.7. The third-order valence-electron chi connectivity index (χ3n) is 4.58. The maximum absolute atomic E-state index is 10.7. The summed E-state index contributed by atoms with van der Waals surface area (Å²) in [6.45, 7) is 13.5. The number of benzene rings is 2. The topological polar surface area (TPSA) is 37.3 Å². The molecule has 0 spiro atoms. The van der Waals surface area contributed by atoms with Crippen molar-refractivity contribution >= 4 is 5.97 Å². The van der Waals surface area contributed by atoms with E-state index in [1.165, 1.54) is 22.3 Å². The van der Waals surface area contributed by atoms with E-state index in [-0.39, 0.29) is 17.3 Å². The van der Waals surface area contributed by atoms with Crippen LogP contribution in [0.1, 0.15) is 64.7 Å². The first-order chi connectivity index (χ1) is 11.5. The molecule has 0 saturated carbocycles.